The Bertz CT molecular complexity index is 620. The number of anilines is 1. The lowest BCUT2D eigenvalue weighted by atomic mass is 10.1. The zero-order valence-corrected chi connectivity index (χ0v) is 11.3. The van der Waals surface area contributed by atoms with Gasteiger partial charge in [0.1, 0.15) is 0 Å². The lowest BCUT2D eigenvalue weighted by molar-refractivity contribution is -0.118. The van der Waals surface area contributed by atoms with E-state index < -0.39 is 6.03 Å². The maximum absolute atomic E-state index is 11.6. The molecule has 2 rings (SSSR count). The first-order valence-corrected chi connectivity index (χ1v) is 6.50. The fourth-order valence-electron chi connectivity index (χ4n) is 1.93. The van der Waals surface area contributed by atoms with Gasteiger partial charge in [0.25, 0.3) is 0 Å². The summed E-state index contributed by atoms with van der Waals surface area (Å²) in [5.41, 5.74) is 0.870. The smallest absolute Gasteiger partial charge is 0.321 e. The van der Waals surface area contributed by atoms with Crippen LogP contribution >= 0.6 is 0 Å². The van der Waals surface area contributed by atoms with Crippen molar-refractivity contribution in [1.29, 1.82) is 0 Å². The molecule has 5 nitrogen and oxygen atoms in total. The molecule has 0 heterocycles. The minimum absolute atomic E-state index is 0.0468. The van der Waals surface area contributed by atoms with Crippen LogP contribution in [0.15, 0.2) is 42.5 Å². The van der Waals surface area contributed by atoms with Crippen LogP contribution in [0.2, 0.25) is 0 Å². The molecule has 0 aliphatic carbocycles. The summed E-state index contributed by atoms with van der Waals surface area (Å²) in [5, 5.41) is 9.94. The van der Waals surface area contributed by atoms with E-state index in [1.807, 2.05) is 42.5 Å². The van der Waals surface area contributed by atoms with Crippen molar-refractivity contribution in [3.05, 3.63) is 42.5 Å². The Morgan fingerprint density at radius 2 is 1.80 bits per heavy atom. The number of hydrogen-bond donors (Lipinski definition) is 3. The Labute approximate surface area is 117 Å². The minimum atomic E-state index is -0.475. The predicted octanol–water partition coefficient (Wildman–Crippen LogP) is 2.10. The molecule has 0 spiro atoms. The van der Waals surface area contributed by atoms with Crippen molar-refractivity contribution in [3.63, 3.8) is 0 Å². The lowest BCUT2D eigenvalue weighted by Gasteiger charge is -2.10. The molecule has 0 saturated heterocycles. The maximum atomic E-state index is 11.6. The molecule has 0 atom stereocenters. The van der Waals surface area contributed by atoms with Gasteiger partial charge in [0.05, 0.1) is 6.54 Å². The topological polar surface area (TPSA) is 70.2 Å². The van der Waals surface area contributed by atoms with Crippen LogP contribution in [0.1, 0.15) is 6.92 Å². The molecule has 0 aliphatic heterocycles. The van der Waals surface area contributed by atoms with Gasteiger partial charge in [0.15, 0.2) is 0 Å². The van der Waals surface area contributed by atoms with Crippen LogP contribution in [0.4, 0.5) is 10.5 Å². The molecular formula is C15H17N3O2. The highest BCUT2D eigenvalue weighted by molar-refractivity contribution is 5.98. The first kappa shape index (κ1) is 13.9. The second-order valence-electron chi connectivity index (χ2n) is 4.29. The fraction of sp³-hybridized carbons (Fsp3) is 0.200. The average molecular weight is 271 g/mol. The van der Waals surface area contributed by atoms with E-state index in [1.165, 1.54) is 0 Å². The van der Waals surface area contributed by atoms with Crippen molar-refractivity contribution in [2.24, 2.45) is 0 Å². The van der Waals surface area contributed by atoms with Crippen molar-refractivity contribution < 1.29 is 9.59 Å². The molecule has 3 N–H and O–H groups in total. The van der Waals surface area contributed by atoms with Crippen LogP contribution in [0.5, 0.6) is 0 Å². The van der Waals surface area contributed by atoms with E-state index in [1.54, 1.807) is 6.92 Å². The van der Waals surface area contributed by atoms with Gasteiger partial charge in [-0.2, -0.15) is 0 Å². The van der Waals surface area contributed by atoms with Crippen LogP contribution < -0.4 is 16.0 Å². The van der Waals surface area contributed by atoms with Crippen molar-refractivity contribution in [3.8, 4) is 0 Å². The molecule has 0 fully saturated rings. The number of benzene rings is 2. The molecule has 104 valence electrons. The van der Waals surface area contributed by atoms with Gasteiger partial charge < -0.3 is 10.6 Å². The summed E-state index contributed by atoms with van der Waals surface area (Å²) in [6, 6.07) is 13.3. The van der Waals surface area contributed by atoms with Crippen molar-refractivity contribution in [2.75, 3.05) is 18.4 Å². The van der Waals surface area contributed by atoms with Gasteiger partial charge in [-0.1, -0.05) is 36.4 Å². The Morgan fingerprint density at radius 1 is 1.05 bits per heavy atom. The first-order chi connectivity index (χ1) is 9.70. The predicted molar refractivity (Wildman–Crippen MR) is 79.7 cm³/mol. The minimum Gasteiger partial charge on any atom is -0.376 e. The largest absolute Gasteiger partial charge is 0.376 e. The molecule has 5 heteroatoms. The van der Waals surface area contributed by atoms with Crippen molar-refractivity contribution >= 4 is 28.4 Å². The summed E-state index contributed by atoms with van der Waals surface area (Å²) in [4.78, 5) is 22.8. The standard InChI is InChI=1S/C15H17N3O2/c1-2-16-15(20)18-14(19)10-17-13-9-5-7-11-6-3-4-8-12(11)13/h3-9,17H,2,10H2,1H3,(H2,16,18,19,20). The molecule has 0 unspecified atom stereocenters. The van der Waals surface area contributed by atoms with Gasteiger partial charge in [0.2, 0.25) is 5.91 Å². The summed E-state index contributed by atoms with van der Waals surface area (Å²) in [6.07, 6.45) is 0. The van der Waals surface area contributed by atoms with E-state index in [9.17, 15) is 9.59 Å². The zero-order chi connectivity index (χ0) is 14.4. The summed E-state index contributed by atoms with van der Waals surface area (Å²) in [7, 11) is 0. The molecule has 0 bridgehead atoms. The second kappa shape index (κ2) is 6.56. The Hall–Kier alpha value is -2.56. The van der Waals surface area contributed by atoms with Gasteiger partial charge in [0, 0.05) is 17.6 Å². The SMILES string of the molecule is CCNC(=O)NC(=O)CNc1cccc2ccccc12. The molecule has 0 aliphatic rings. The van der Waals surface area contributed by atoms with Crippen molar-refractivity contribution in [2.45, 2.75) is 6.92 Å². The average Bonchev–Trinajstić information content (AvgIpc) is 2.45. The number of fused-ring (bicyclic) bond motifs is 1. The number of imide groups is 1. The number of urea groups is 1. The Balaban J connectivity index is 1.99. The van der Waals surface area contributed by atoms with Crippen LogP contribution in [-0.2, 0) is 4.79 Å². The molecular weight excluding hydrogens is 254 g/mol. The quantitative estimate of drug-likeness (QED) is 0.797. The summed E-state index contributed by atoms with van der Waals surface area (Å²) in [5.74, 6) is -0.371. The number of amides is 3. The summed E-state index contributed by atoms with van der Waals surface area (Å²) >= 11 is 0. The van der Waals surface area contributed by atoms with E-state index >= 15 is 0 Å². The lowest BCUT2D eigenvalue weighted by Crippen LogP contribution is -2.41. The van der Waals surface area contributed by atoms with Crippen molar-refractivity contribution in [1.82, 2.24) is 10.6 Å². The molecule has 0 radical (unpaired) electrons. The van der Waals surface area contributed by atoms with Crippen LogP contribution in [0, 0.1) is 0 Å². The highest BCUT2D eigenvalue weighted by atomic mass is 16.2. The highest BCUT2D eigenvalue weighted by Crippen LogP contribution is 2.22. The number of hydrogen-bond acceptors (Lipinski definition) is 3. The normalized spacial score (nSPS) is 10.1. The molecule has 2 aromatic carbocycles. The van der Waals surface area contributed by atoms with Gasteiger partial charge in [-0.3, -0.25) is 10.1 Å². The van der Waals surface area contributed by atoms with E-state index in [0.29, 0.717) is 6.54 Å². The Kier molecular flexibility index (Phi) is 4.55. The number of carbonyl (C=O) groups excluding carboxylic acids is 2. The number of nitrogens with one attached hydrogen (secondary N) is 3. The van der Waals surface area contributed by atoms with Gasteiger partial charge in [-0.05, 0) is 18.4 Å². The third kappa shape index (κ3) is 3.47. The third-order valence-corrected chi connectivity index (χ3v) is 2.82. The van der Waals surface area contributed by atoms with E-state index in [0.717, 1.165) is 16.5 Å². The summed E-state index contributed by atoms with van der Waals surface area (Å²) < 4.78 is 0. The number of rotatable bonds is 4. The second-order valence-corrected chi connectivity index (χ2v) is 4.29. The Morgan fingerprint density at radius 3 is 2.60 bits per heavy atom. The van der Waals surface area contributed by atoms with Crippen LogP contribution in [-0.4, -0.2) is 25.0 Å². The molecule has 0 saturated carbocycles. The monoisotopic (exact) mass is 271 g/mol. The van der Waals surface area contributed by atoms with E-state index in [-0.39, 0.29) is 12.5 Å². The zero-order valence-electron chi connectivity index (χ0n) is 11.3. The van der Waals surface area contributed by atoms with Crippen LogP contribution in [0.3, 0.4) is 0 Å². The fourth-order valence-corrected chi connectivity index (χ4v) is 1.93. The number of carbonyl (C=O) groups is 2. The molecule has 3 amide bonds. The van der Waals surface area contributed by atoms with Crippen LogP contribution in [0.25, 0.3) is 10.8 Å². The molecule has 2 aromatic rings. The van der Waals surface area contributed by atoms with Gasteiger partial charge >= 0.3 is 6.03 Å². The van der Waals surface area contributed by atoms with Gasteiger partial charge in [-0.25, -0.2) is 4.79 Å². The third-order valence-electron chi connectivity index (χ3n) is 2.82. The summed E-state index contributed by atoms with van der Waals surface area (Å²) in [6.45, 7) is 2.32. The maximum Gasteiger partial charge on any atom is 0.321 e. The highest BCUT2D eigenvalue weighted by Gasteiger charge is 2.07. The van der Waals surface area contributed by atoms with E-state index in [4.69, 9.17) is 0 Å². The molecule has 0 aromatic heterocycles. The van der Waals surface area contributed by atoms with Gasteiger partial charge in [-0.15, -0.1) is 0 Å². The first-order valence-electron chi connectivity index (χ1n) is 6.50. The molecule has 20 heavy (non-hydrogen) atoms. The van der Waals surface area contributed by atoms with E-state index in [2.05, 4.69) is 16.0 Å².